The number of nitrogens with zero attached hydrogens (tertiary/aromatic N) is 2. The molecule has 0 bridgehead atoms. The number of halogens is 1. The molecular weight excluding hydrogens is 394 g/mol. The first-order valence-electron chi connectivity index (χ1n) is 8.04. The monoisotopic (exact) mass is 413 g/mol. The fraction of sp³-hybridized carbons (Fsp3) is 0.412. The highest BCUT2D eigenvalue weighted by Crippen LogP contribution is 2.26. The van der Waals surface area contributed by atoms with Crippen molar-refractivity contribution in [1.82, 2.24) is 4.31 Å². The lowest BCUT2D eigenvalue weighted by molar-refractivity contribution is -0.122. The molecular formula is C17H20ClN3O5S. The molecule has 0 heterocycles. The van der Waals surface area contributed by atoms with Crippen LogP contribution in [0.4, 0.5) is 0 Å². The number of hydrogen-bond acceptors (Lipinski definition) is 7. The summed E-state index contributed by atoms with van der Waals surface area (Å²) >= 11 is 5.99. The third-order valence-electron chi connectivity index (χ3n) is 3.72. The number of rotatable bonds is 9. The Kier molecular flexibility index (Phi) is 8.09. The number of Topliss-reactive ketones (excluding diaryl/α,β-unsaturated/α-hetero) is 1. The predicted molar refractivity (Wildman–Crippen MR) is 99.4 cm³/mol. The van der Waals surface area contributed by atoms with E-state index in [-0.39, 0.29) is 34.3 Å². The first-order chi connectivity index (χ1) is 12.6. The number of sulfonamides is 1. The van der Waals surface area contributed by atoms with Crippen LogP contribution in [0.2, 0.25) is 5.02 Å². The van der Waals surface area contributed by atoms with Gasteiger partial charge in [0.15, 0.2) is 12.4 Å². The summed E-state index contributed by atoms with van der Waals surface area (Å²) in [6.07, 6.45) is 0. The Morgan fingerprint density at radius 1 is 1.33 bits per heavy atom. The summed E-state index contributed by atoms with van der Waals surface area (Å²) in [6, 6.07) is 5.29. The number of carbonyl (C=O) groups is 2. The molecule has 1 aromatic rings. The predicted octanol–water partition coefficient (Wildman–Crippen LogP) is 2.28. The van der Waals surface area contributed by atoms with Crippen LogP contribution in [-0.4, -0.2) is 49.9 Å². The average molecular weight is 414 g/mol. The van der Waals surface area contributed by atoms with Crippen molar-refractivity contribution in [2.45, 2.75) is 25.7 Å². The molecule has 0 unspecified atom stereocenters. The summed E-state index contributed by atoms with van der Waals surface area (Å²) in [7, 11) is -3.89. The standard InChI is InChI=1S/C17H20ClN3O5S/c1-4-21(5-2)27(24,25)16-8-12(6-7-14(16)18)17(23)26-10-15(22)13(9-19)11(3)20/h6-8,13,20H,4-5,10H2,1-3H3/t13-/m1/s1. The number of ketones is 1. The van der Waals surface area contributed by atoms with Gasteiger partial charge in [-0.2, -0.15) is 9.57 Å². The van der Waals surface area contributed by atoms with Crippen LogP contribution in [0.5, 0.6) is 0 Å². The van der Waals surface area contributed by atoms with E-state index in [1.54, 1.807) is 19.9 Å². The van der Waals surface area contributed by atoms with Gasteiger partial charge < -0.3 is 10.1 Å². The van der Waals surface area contributed by atoms with Gasteiger partial charge in [-0.1, -0.05) is 25.4 Å². The van der Waals surface area contributed by atoms with Crippen LogP contribution in [0.25, 0.3) is 0 Å². The maximum atomic E-state index is 12.6. The molecule has 8 nitrogen and oxygen atoms in total. The highest BCUT2D eigenvalue weighted by Gasteiger charge is 2.26. The zero-order chi connectivity index (χ0) is 20.8. The van der Waals surface area contributed by atoms with Gasteiger partial charge in [0.25, 0.3) is 0 Å². The molecule has 0 fully saturated rings. The third-order valence-corrected chi connectivity index (χ3v) is 6.25. The maximum absolute atomic E-state index is 12.6. The van der Waals surface area contributed by atoms with E-state index in [0.717, 1.165) is 6.07 Å². The van der Waals surface area contributed by atoms with Gasteiger partial charge in [0.05, 0.1) is 16.7 Å². The second-order valence-electron chi connectivity index (χ2n) is 5.52. The Labute approximate surface area is 163 Å². The van der Waals surface area contributed by atoms with E-state index in [4.69, 9.17) is 27.0 Å². The molecule has 10 heteroatoms. The summed E-state index contributed by atoms with van der Waals surface area (Å²) in [4.78, 5) is 23.8. The van der Waals surface area contributed by atoms with Crippen molar-refractivity contribution in [2.24, 2.45) is 5.92 Å². The van der Waals surface area contributed by atoms with Gasteiger partial charge in [-0.05, 0) is 25.1 Å². The van der Waals surface area contributed by atoms with Gasteiger partial charge in [0.1, 0.15) is 10.8 Å². The van der Waals surface area contributed by atoms with Gasteiger partial charge in [0, 0.05) is 18.8 Å². The van der Waals surface area contributed by atoms with E-state index in [1.165, 1.54) is 23.4 Å². The minimum Gasteiger partial charge on any atom is -0.454 e. The quantitative estimate of drug-likeness (QED) is 0.488. The SMILES string of the molecule is CCN(CC)S(=O)(=O)c1cc(C(=O)OCC(=O)[C@H](C#N)C(C)=N)ccc1Cl. The molecule has 0 saturated heterocycles. The van der Waals surface area contributed by atoms with Crippen molar-refractivity contribution in [3.63, 3.8) is 0 Å². The molecule has 0 aromatic heterocycles. The van der Waals surface area contributed by atoms with Crippen LogP contribution in [-0.2, 0) is 19.6 Å². The summed E-state index contributed by atoms with van der Waals surface area (Å²) in [5.41, 5.74) is -0.254. The van der Waals surface area contributed by atoms with E-state index in [1.807, 2.05) is 0 Å². The van der Waals surface area contributed by atoms with E-state index < -0.39 is 34.3 Å². The van der Waals surface area contributed by atoms with E-state index >= 15 is 0 Å². The Morgan fingerprint density at radius 2 is 1.93 bits per heavy atom. The number of hydrogen-bond donors (Lipinski definition) is 1. The lowest BCUT2D eigenvalue weighted by Gasteiger charge is -2.19. The van der Waals surface area contributed by atoms with E-state index in [0.29, 0.717) is 0 Å². The summed E-state index contributed by atoms with van der Waals surface area (Å²) in [6.45, 7) is 4.42. The van der Waals surface area contributed by atoms with Crippen molar-refractivity contribution in [2.75, 3.05) is 19.7 Å². The summed E-state index contributed by atoms with van der Waals surface area (Å²) in [5, 5.41) is 16.2. The second kappa shape index (κ2) is 9.60. The van der Waals surface area contributed by atoms with E-state index in [9.17, 15) is 18.0 Å². The molecule has 1 atom stereocenters. The Hall–Kier alpha value is -2.28. The third kappa shape index (κ3) is 5.35. The molecule has 1 N–H and O–H groups in total. The Bertz CT molecular complexity index is 888. The molecule has 0 aliphatic heterocycles. The molecule has 0 spiro atoms. The fourth-order valence-electron chi connectivity index (χ4n) is 2.24. The Morgan fingerprint density at radius 3 is 2.41 bits per heavy atom. The molecule has 27 heavy (non-hydrogen) atoms. The van der Waals surface area contributed by atoms with Crippen LogP contribution in [0.3, 0.4) is 0 Å². The van der Waals surface area contributed by atoms with Gasteiger partial charge in [0.2, 0.25) is 10.0 Å². The van der Waals surface area contributed by atoms with Gasteiger partial charge in [-0.3, -0.25) is 4.79 Å². The van der Waals surface area contributed by atoms with Crippen LogP contribution >= 0.6 is 11.6 Å². The first kappa shape index (κ1) is 22.8. The molecule has 146 valence electrons. The van der Waals surface area contributed by atoms with Crippen LogP contribution in [0, 0.1) is 22.7 Å². The smallest absolute Gasteiger partial charge is 0.338 e. The Balaban J connectivity index is 3.06. The summed E-state index contributed by atoms with van der Waals surface area (Å²) < 4.78 is 31.3. The molecule has 1 aromatic carbocycles. The van der Waals surface area contributed by atoms with Crippen molar-refractivity contribution >= 4 is 39.1 Å². The lowest BCUT2D eigenvalue weighted by atomic mass is 10.0. The highest BCUT2D eigenvalue weighted by atomic mass is 35.5. The largest absolute Gasteiger partial charge is 0.454 e. The number of benzene rings is 1. The number of ether oxygens (including phenoxy) is 1. The van der Waals surface area contributed by atoms with Crippen LogP contribution in [0.15, 0.2) is 23.1 Å². The van der Waals surface area contributed by atoms with Gasteiger partial charge in [-0.25, -0.2) is 13.2 Å². The summed E-state index contributed by atoms with van der Waals surface area (Å²) in [5.74, 6) is -2.96. The molecule has 0 amide bonds. The number of nitrogens with one attached hydrogen (secondary N) is 1. The number of carbonyl (C=O) groups excluding carboxylic acids is 2. The number of esters is 1. The molecule has 0 radical (unpaired) electrons. The minimum atomic E-state index is -3.89. The molecule has 0 saturated carbocycles. The van der Waals surface area contributed by atoms with Crippen LogP contribution < -0.4 is 0 Å². The molecule has 0 aliphatic rings. The highest BCUT2D eigenvalue weighted by molar-refractivity contribution is 7.89. The normalized spacial score (nSPS) is 12.3. The van der Waals surface area contributed by atoms with Gasteiger partial charge >= 0.3 is 5.97 Å². The lowest BCUT2D eigenvalue weighted by Crippen LogP contribution is -2.31. The average Bonchev–Trinajstić information content (AvgIpc) is 2.60. The topological polar surface area (TPSA) is 128 Å². The zero-order valence-corrected chi connectivity index (χ0v) is 16.7. The van der Waals surface area contributed by atoms with Crippen molar-refractivity contribution in [1.29, 1.82) is 10.7 Å². The van der Waals surface area contributed by atoms with Gasteiger partial charge in [-0.15, -0.1) is 0 Å². The molecule has 1 rings (SSSR count). The van der Waals surface area contributed by atoms with Crippen molar-refractivity contribution in [3.8, 4) is 6.07 Å². The minimum absolute atomic E-state index is 0.0431. The number of nitriles is 1. The maximum Gasteiger partial charge on any atom is 0.338 e. The second-order valence-corrected chi connectivity index (χ2v) is 7.84. The first-order valence-corrected chi connectivity index (χ1v) is 9.86. The van der Waals surface area contributed by atoms with Crippen molar-refractivity contribution < 1.29 is 22.7 Å². The van der Waals surface area contributed by atoms with E-state index in [2.05, 4.69) is 0 Å². The van der Waals surface area contributed by atoms with Crippen LogP contribution in [0.1, 0.15) is 31.1 Å². The fourth-order valence-corrected chi connectivity index (χ4v) is 4.20. The van der Waals surface area contributed by atoms with Crippen molar-refractivity contribution in [3.05, 3.63) is 28.8 Å². The zero-order valence-electron chi connectivity index (χ0n) is 15.2. The molecule has 0 aliphatic carbocycles.